The summed E-state index contributed by atoms with van der Waals surface area (Å²) in [6, 6.07) is 12.5. The first-order chi connectivity index (χ1) is 13.5. The number of carbonyl (C=O) groups excluding carboxylic acids is 2. The van der Waals surface area contributed by atoms with E-state index in [1.54, 1.807) is 35.2 Å². The molecule has 7 heteroatoms. The van der Waals surface area contributed by atoms with Crippen LogP contribution < -0.4 is 10.1 Å². The number of likely N-dealkylation sites (tertiary alicyclic amines) is 1. The van der Waals surface area contributed by atoms with Gasteiger partial charge in [0.15, 0.2) is 0 Å². The number of benzene rings is 1. The van der Waals surface area contributed by atoms with Crippen LogP contribution in [0.2, 0.25) is 5.02 Å². The van der Waals surface area contributed by atoms with E-state index in [1.165, 1.54) is 0 Å². The maximum Gasteiger partial charge on any atom is 0.230 e. The second kappa shape index (κ2) is 9.55. The van der Waals surface area contributed by atoms with Gasteiger partial charge in [0.2, 0.25) is 11.8 Å². The Morgan fingerprint density at radius 2 is 2.04 bits per heavy atom. The fourth-order valence-electron chi connectivity index (χ4n) is 3.20. The minimum absolute atomic E-state index is 0.000133. The SMILES string of the molecule is Cc1cccc(NC(=O)C2CCCN(C(=O)CCOc3ccc(Cl)cc3)C2)n1. The number of amides is 2. The summed E-state index contributed by atoms with van der Waals surface area (Å²) >= 11 is 5.84. The molecular weight excluding hydrogens is 378 g/mol. The molecule has 1 aliphatic heterocycles. The summed E-state index contributed by atoms with van der Waals surface area (Å²) in [7, 11) is 0. The maximum atomic E-state index is 12.5. The average molecular weight is 402 g/mol. The molecule has 0 radical (unpaired) electrons. The zero-order valence-corrected chi connectivity index (χ0v) is 16.6. The summed E-state index contributed by atoms with van der Waals surface area (Å²) in [5.41, 5.74) is 0.846. The van der Waals surface area contributed by atoms with E-state index in [9.17, 15) is 9.59 Å². The number of carbonyl (C=O) groups is 2. The van der Waals surface area contributed by atoms with Crippen molar-refractivity contribution in [2.75, 3.05) is 25.0 Å². The molecule has 1 aliphatic rings. The Labute approximate surface area is 169 Å². The van der Waals surface area contributed by atoms with Crippen LogP contribution in [0.3, 0.4) is 0 Å². The summed E-state index contributed by atoms with van der Waals surface area (Å²) in [4.78, 5) is 31.1. The van der Waals surface area contributed by atoms with E-state index in [0.717, 1.165) is 18.5 Å². The molecule has 1 aromatic carbocycles. The first-order valence-electron chi connectivity index (χ1n) is 9.42. The number of pyridine rings is 1. The zero-order valence-electron chi connectivity index (χ0n) is 15.9. The molecular formula is C21H24ClN3O3. The van der Waals surface area contributed by atoms with Crippen LogP contribution in [0.5, 0.6) is 5.75 Å². The Hall–Kier alpha value is -2.60. The van der Waals surface area contributed by atoms with E-state index in [2.05, 4.69) is 10.3 Å². The van der Waals surface area contributed by atoms with Gasteiger partial charge >= 0.3 is 0 Å². The van der Waals surface area contributed by atoms with E-state index < -0.39 is 0 Å². The lowest BCUT2D eigenvalue weighted by Gasteiger charge is -2.32. The van der Waals surface area contributed by atoms with Crippen molar-refractivity contribution in [3.8, 4) is 5.75 Å². The quantitative estimate of drug-likeness (QED) is 0.801. The second-order valence-electron chi connectivity index (χ2n) is 6.88. The largest absolute Gasteiger partial charge is 0.493 e. The van der Waals surface area contributed by atoms with E-state index >= 15 is 0 Å². The molecule has 2 amide bonds. The van der Waals surface area contributed by atoms with Crippen LogP contribution in [0.4, 0.5) is 5.82 Å². The molecule has 1 aromatic heterocycles. The molecule has 1 fully saturated rings. The lowest BCUT2D eigenvalue weighted by Crippen LogP contribution is -2.44. The average Bonchev–Trinajstić information content (AvgIpc) is 2.69. The zero-order chi connectivity index (χ0) is 19.9. The number of piperidine rings is 1. The molecule has 148 valence electrons. The lowest BCUT2D eigenvalue weighted by atomic mass is 9.97. The fourth-order valence-corrected chi connectivity index (χ4v) is 3.33. The van der Waals surface area contributed by atoms with Crippen LogP contribution in [0, 0.1) is 12.8 Å². The van der Waals surface area contributed by atoms with Gasteiger partial charge in [-0.2, -0.15) is 0 Å². The van der Waals surface area contributed by atoms with Crippen molar-refractivity contribution < 1.29 is 14.3 Å². The second-order valence-corrected chi connectivity index (χ2v) is 7.32. The summed E-state index contributed by atoms with van der Waals surface area (Å²) in [5.74, 6) is 0.911. The van der Waals surface area contributed by atoms with E-state index in [4.69, 9.17) is 16.3 Å². The summed E-state index contributed by atoms with van der Waals surface area (Å²) < 4.78 is 5.59. The van der Waals surface area contributed by atoms with Crippen molar-refractivity contribution in [2.45, 2.75) is 26.2 Å². The van der Waals surface area contributed by atoms with Gasteiger partial charge in [-0.1, -0.05) is 17.7 Å². The number of rotatable bonds is 6. The van der Waals surface area contributed by atoms with Crippen LogP contribution in [0.15, 0.2) is 42.5 Å². The number of aromatic nitrogens is 1. The van der Waals surface area contributed by atoms with Crippen molar-refractivity contribution in [1.29, 1.82) is 0 Å². The van der Waals surface area contributed by atoms with Gasteiger partial charge in [-0.05, 0) is 56.2 Å². The van der Waals surface area contributed by atoms with Gasteiger partial charge in [0.05, 0.1) is 18.9 Å². The molecule has 1 atom stereocenters. The summed E-state index contributed by atoms with van der Waals surface area (Å²) in [5, 5.41) is 3.50. The summed E-state index contributed by atoms with van der Waals surface area (Å²) in [6.45, 7) is 3.27. The normalized spacial score (nSPS) is 16.5. The smallest absolute Gasteiger partial charge is 0.230 e. The molecule has 2 aromatic rings. The molecule has 2 heterocycles. The number of anilines is 1. The number of nitrogens with one attached hydrogen (secondary N) is 1. The van der Waals surface area contributed by atoms with Crippen molar-refractivity contribution in [2.24, 2.45) is 5.92 Å². The maximum absolute atomic E-state index is 12.5. The van der Waals surface area contributed by atoms with Gasteiger partial charge in [-0.15, -0.1) is 0 Å². The highest BCUT2D eigenvalue weighted by molar-refractivity contribution is 6.30. The highest BCUT2D eigenvalue weighted by atomic mass is 35.5. The molecule has 1 unspecified atom stereocenters. The van der Waals surface area contributed by atoms with Crippen LogP contribution in [-0.2, 0) is 9.59 Å². The molecule has 0 spiro atoms. The van der Waals surface area contributed by atoms with Gasteiger partial charge in [0.1, 0.15) is 11.6 Å². The van der Waals surface area contributed by atoms with Gasteiger partial charge in [0.25, 0.3) is 0 Å². The van der Waals surface area contributed by atoms with Gasteiger partial charge in [0, 0.05) is 23.8 Å². The van der Waals surface area contributed by atoms with Crippen molar-refractivity contribution in [3.63, 3.8) is 0 Å². The molecule has 0 saturated carbocycles. The molecule has 0 aliphatic carbocycles. The number of aryl methyl sites for hydroxylation is 1. The Morgan fingerprint density at radius 3 is 2.79 bits per heavy atom. The minimum Gasteiger partial charge on any atom is -0.493 e. The third-order valence-corrected chi connectivity index (χ3v) is 4.93. The highest BCUT2D eigenvalue weighted by Crippen LogP contribution is 2.20. The standard InChI is InChI=1S/C21H24ClN3O3/c1-15-4-2-6-19(23-15)24-21(27)16-5-3-12-25(14-16)20(26)11-13-28-18-9-7-17(22)8-10-18/h2,4,6-10,16H,3,5,11-14H2,1H3,(H,23,24,27). The molecule has 1 saturated heterocycles. The summed E-state index contributed by atoms with van der Waals surface area (Å²) in [6.07, 6.45) is 1.85. The lowest BCUT2D eigenvalue weighted by molar-refractivity contribution is -0.135. The van der Waals surface area contributed by atoms with Crippen LogP contribution in [0.25, 0.3) is 0 Å². The molecule has 28 heavy (non-hydrogen) atoms. The Kier molecular flexibility index (Phi) is 6.87. The predicted molar refractivity (Wildman–Crippen MR) is 108 cm³/mol. The van der Waals surface area contributed by atoms with Gasteiger partial charge in [-0.25, -0.2) is 4.98 Å². The first kappa shape index (κ1) is 20.1. The number of halogens is 1. The third kappa shape index (κ3) is 5.70. The monoisotopic (exact) mass is 401 g/mol. The number of hydrogen-bond donors (Lipinski definition) is 1. The Bertz CT molecular complexity index is 826. The molecule has 6 nitrogen and oxygen atoms in total. The van der Waals surface area contributed by atoms with E-state index in [0.29, 0.717) is 36.3 Å². The van der Waals surface area contributed by atoms with Gasteiger partial charge in [-0.3, -0.25) is 9.59 Å². The van der Waals surface area contributed by atoms with Crippen molar-refractivity contribution in [3.05, 3.63) is 53.2 Å². The van der Waals surface area contributed by atoms with Crippen LogP contribution in [0.1, 0.15) is 25.0 Å². The molecule has 0 bridgehead atoms. The van der Waals surface area contributed by atoms with Crippen molar-refractivity contribution in [1.82, 2.24) is 9.88 Å². The topological polar surface area (TPSA) is 71.5 Å². The highest BCUT2D eigenvalue weighted by Gasteiger charge is 2.28. The number of hydrogen-bond acceptors (Lipinski definition) is 4. The van der Waals surface area contributed by atoms with Crippen molar-refractivity contribution >= 4 is 29.2 Å². The van der Waals surface area contributed by atoms with Crippen LogP contribution >= 0.6 is 11.6 Å². The van der Waals surface area contributed by atoms with E-state index in [-0.39, 0.29) is 24.2 Å². The third-order valence-electron chi connectivity index (χ3n) is 4.68. The van der Waals surface area contributed by atoms with Crippen LogP contribution in [-0.4, -0.2) is 41.4 Å². The van der Waals surface area contributed by atoms with E-state index in [1.807, 2.05) is 19.1 Å². The van der Waals surface area contributed by atoms with Gasteiger partial charge < -0.3 is 15.0 Å². The Balaban J connectivity index is 1.47. The minimum atomic E-state index is -0.225. The first-order valence-corrected chi connectivity index (χ1v) is 9.80. The number of nitrogens with zero attached hydrogens (tertiary/aromatic N) is 2. The fraction of sp³-hybridized carbons (Fsp3) is 0.381. The number of ether oxygens (including phenoxy) is 1. The molecule has 3 rings (SSSR count). The molecule has 1 N–H and O–H groups in total. The Morgan fingerprint density at radius 1 is 1.25 bits per heavy atom. The predicted octanol–water partition coefficient (Wildman–Crippen LogP) is 3.69.